The Morgan fingerprint density at radius 1 is 1.45 bits per heavy atom. The lowest BCUT2D eigenvalue weighted by Gasteiger charge is -2.11. The van der Waals surface area contributed by atoms with Gasteiger partial charge in [-0.15, -0.1) is 0 Å². The molecule has 0 unspecified atom stereocenters. The predicted octanol–water partition coefficient (Wildman–Crippen LogP) is 1.78. The molecule has 0 saturated carbocycles. The molecule has 0 aromatic carbocycles. The summed E-state index contributed by atoms with van der Waals surface area (Å²) in [4.78, 5) is 10.6. The number of hydrogen-bond acceptors (Lipinski definition) is 2. The number of alkyl carbamates (subject to hydrolysis) is 1. The normalized spacial score (nSPS) is 9.82. The van der Waals surface area contributed by atoms with E-state index in [0.29, 0.717) is 5.92 Å². The Hall–Kier alpha value is -0.730. The first-order valence-electron chi connectivity index (χ1n) is 4.06. The van der Waals surface area contributed by atoms with Gasteiger partial charge in [-0.3, -0.25) is 0 Å². The molecule has 66 valence electrons. The van der Waals surface area contributed by atoms with Crippen LogP contribution in [0.2, 0.25) is 0 Å². The van der Waals surface area contributed by atoms with Crippen LogP contribution in [0, 0.1) is 5.92 Å². The summed E-state index contributed by atoms with van der Waals surface area (Å²) in [5.41, 5.74) is 0. The van der Waals surface area contributed by atoms with E-state index >= 15 is 0 Å². The van der Waals surface area contributed by atoms with Crippen LogP contribution in [0.5, 0.6) is 0 Å². The Kier molecular flexibility index (Phi) is 5.61. The summed E-state index contributed by atoms with van der Waals surface area (Å²) in [7, 11) is 1.38. The molecule has 11 heavy (non-hydrogen) atoms. The van der Waals surface area contributed by atoms with Gasteiger partial charge in [-0.2, -0.15) is 0 Å². The second kappa shape index (κ2) is 6.01. The average Bonchev–Trinajstić information content (AvgIpc) is 2.06. The van der Waals surface area contributed by atoms with E-state index in [2.05, 4.69) is 23.9 Å². The monoisotopic (exact) mass is 159 g/mol. The van der Waals surface area contributed by atoms with Crippen molar-refractivity contribution in [3.63, 3.8) is 0 Å². The predicted molar refractivity (Wildman–Crippen MR) is 44.5 cm³/mol. The third kappa shape index (κ3) is 4.65. The molecule has 1 amide bonds. The number of carbonyl (C=O) groups is 1. The summed E-state index contributed by atoms with van der Waals surface area (Å²) in [5.74, 6) is 0.578. The van der Waals surface area contributed by atoms with E-state index in [0.717, 1.165) is 19.4 Å². The van der Waals surface area contributed by atoms with Crippen LogP contribution in [0.15, 0.2) is 0 Å². The molecule has 0 aromatic heterocycles. The van der Waals surface area contributed by atoms with Crippen molar-refractivity contribution in [2.24, 2.45) is 5.92 Å². The summed E-state index contributed by atoms with van der Waals surface area (Å²) in [6.07, 6.45) is 1.86. The van der Waals surface area contributed by atoms with E-state index < -0.39 is 0 Å². The Morgan fingerprint density at radius 2 is 2.00 bits per heavy atom. The zero-order valence-electron chi connectivity index (χ0n) is 7.52. The SMILES string of the molecule is CCC(CC)CNC(=O)OC. The van der Waals surface area contributed by atoms with Crippen molar-refractivity contribution >= 4 is 6.09 Å². The fourth-order valence-electron chi connectivity index (χ4n) is 0.877. The lowest BCUT2D eigenvalue weighted by atomic mass is 10.0. The van der Waals surface area contributed by atoms with E-state index in [9.17, 15) is 4.79 Å². The Bertz CT molecular complexity index is 111. The van der Waals surface area contributed by atoms with Gasteiger partial charge < -0.3 is 10.1 Å². The molecule has 0 aliphatic carbocycles. The molecule has 0 radical (unpaired) electrons. The maximum Gasteiger partial charge on any atom is 0.406 e. The van der Waals surface area contributed by atoms with Gasteiger partial charge in [0.05, 0.1) is 7.11 Å². The van der Waals surface area contributed by atoms with E-state index in [-0.39, 0.29) is 6.09 Å². The largest absolute Gasteiger partial charge is 0.453 e. The molecule has 0 saturated heterocycles. The fourth-order valence-corrected chi connectivity index (χ4v) is 0.877. The number of nitrogens with one attached hydrogen (secondary N) is 1. The van der Waals surface area contributed by atoms with Crippen molar-refractivity contribution in [2.75, 3.05) is 13.7 Å². The highest BCUT2D eigenvalue weighted by Gasteiger charge is 2.04. The second-order valence-corrected chi connectivity index (χ2v) is 2.56. The van der Waals surface area contributed by atoms with E-state index in [1.165, 1.54) is 7.11 Å². The van der Waals surface area contributed by atoms with Crippen LogP contribution in [0.1, 0.15) is 26.7 Å². The average molecular weight is 159 g/mol. The molecule has 0 atom stereocenters. The quantitative estimate of drug-likeness (QED) is 0.679. The summed E-state index contributed by atoms with van der Waals surface area (Å²) in [6.45, 7) is 4.96. The minimum absolute atomic E-state index is 0.336. The first kappa shape index (κ1) is 10.3. The molecule has 3 nitrogen and oxygen atoms in total. The van der Waals surface area contributed by atoms with Gasteiger partial charge in [0.1, 0.15) is 0 Å². The van der Waals surface area contributed by atoms with Gasteiger partial charge >= 0.3 is 6.09 Å². The number of ether oxygens (including phenoxy) is 1. The van der Waals surface area contributed by atoms with Crippen LogP contribution in [-0.2, 0) is 4.74 Å². The first-order valence-corrected chi connectivity index (χ1v) is 4.06. The third-order valence-electron chi connectivity index (χ3n) is 1.88. The lowest BCUT2D eigenvalue weighted by Crippen LogP contribution is -2.28. The zero-order valence-corrected chi connectivity index (χ0v) is 7.52. The fraction of sp³-hybridized carbons (Fsp3) is 0.875. The summed E-state index contributed by atoms with van der Waals surface area (Å²) >= 11 is 0. The van der Waals surface area contributed by atoms with Crippen LogP contribution in [0.25, 0.3) is 0 Å². The highest BCUT2D eigenvalue weighted by Crippen LogP contribution is 2.04. The van der Waals surface area contributed by atoms with Crippen LogP contribution < -0.4 is 5.32 Å². The molecule has 0 rings (SSSR count). The molecule has 0 spiro atoms. The van der Waals surface area contributed by atoms with Crippen molar-refractivity contribution in [1.29, 1.82) is 0 Å². The Morgan fingerprint density at radius 3 is 2.36 bits per heavy atom. The van der Waals surface area contributed by atoms with Gasteiger partial charge in [-0.1, -0.05) is 26.7 Å². The van der Waals surface area contributed by atoms with E-state index in [1.54, 1.807) is 0 Å². The minimum Gasteiger partial charge on any atom is -0.453 e. The lowest BCUT2D eigenvalue weighted by molar-refractivity contribution is 0.169. The summed E-state index contributed by atoms with van der Waals surface area (Å²) in [6, 6.07) is 0. The highest BCUT2D eigenvalue weighted by molar-refractivity contribution is 5.66. The molecule has 0 aromatic rings. The first-order chi connectivity index (χ1) is 5.24. The van der Waals surface area contributed by atoms with Crippen molar-refractivity contribution in [3.05, 3.63) is 0 Å². The smallest absolute Gasteiger partial charge is 0.406 e. The molecule has 1 N–H and O–H groups in total. The van der Waals surface area contributed by atoms with Gasteiger partial charge in [-0.05, 0) is 5.92 Å². The van der Waals surface area contributed by atoms with Gasteiger partial charge in [0.15, 0.2) is 0 Å². The molecule has 0 aliphatic heterocycles. The molecular weight excluding hydrogens is 142 g/mol. The number of hydrogen-bond donors (Lipinski definition) is 1. The van der Waals surface area contributed by atoms with E-state index in [4.69, 9.17) is 0 Å². The van der Waals surface area contributed by atoms with Crippen LogP contribution in [0.3, 0.4) is 0 Å². The van der Waals surface area contributed by atoms with Crippen LogP contribution >= 0.6 is 0 Å². The summed E-state index contributed by atoms with van der Waals surface area (Å²) in [5, 5.41) is 2.67. The second-order valence-electron chi connectivity index (χ2n) is 2.56. The zero-order chi connectivity index (χ0) is 8.69. The minimum atomic E-state index is -0.336. The molecule has 0 heterocycles. The van der Waals surface area contributed by atoms with Gasteiger partial charge in [-0.25, -0.2) is 4.79 Å². The van der Waals surface area contributed by atoms with E-state index in [1.807, 2.05) is 0 Å². The van der Waals surface area contributed by atoms with Crippen molar-refractivity contribution in [2.45, 2.75) is 26.7 Å². The number of carbonyl (C=O) groups excluding carboxylic acids is 1. The van der Waals surface area contributed by atoms with Gasteiger partial charge in [0.2, 0.25) is 0 Å². The van der Waals surface area contributed by atoms with Gasteiger partial charge in [0, 0.05) is 6.54 Å². The molecular formula is C8H17NO2. The van der Waals surface area contributed by atoms with Crippen molar-refractivity contribution < 1.29 is 9.53 Å². The number of methoxy groups -OCH3 is 1. The molecule has 3 heteroatoms. The van der Waals surface area contributed by atoms with Crippen LogP contribution in [-0.4, -0.2) is 19.7 Å². The Labute approximate surface area is 68.1 Å². The third-order valence-corrected chi connectivity index (χ3v) is 1.88. The topological polar surface area (TPSA) is 38.3 Å². The summed E-state index contributed by atoms with van der Waals surface area (Å²) < 4.78 is 4.44. The molecule has 0 aliphatic rings. The van der Waals surface area contributed by atoms with Crippen molar-refractivity contribution in [3.8, 4) is 0 Å². The molecule has 0 bridgehead atoms. The standard InChI is InChI=1S/C8H17NO2/c1-4-7(5-2)6-9-8(10)11-3/h7H,4-6H2,1-3H3,(H,9,10). The molecule has 0 fully saturated rings. The maximum absolute atomic E-state index is 10.6. The van der Waals surface area contributed by atoms with Gasteiger partial charge in [0.25, 0.3) is 0 Å². The highest BCUT2D eigenvalue weighted by atomic mass is 16.5. The Balaban J connectivity index is 3.42. The van der Waals surface area contributed by atoms with Crippen molar-refractivity contribution in [1.82, 2.24) is 5.32 Å². The number of amides is 1. The van der Waals surface area contributed by atoms with Crippen LogP contribution in [0.4, 0.5) is 4.79 Å². The number of rotatable bonds is 4. The maximum atomic E-state index is 10.6.